The second-order valence-corrected chi connectivity index (χ2v) is 6.43. The first-order valence-corrected chi connectivity index (χ1v) is 8.81. The first-order chi connectivity index (χ1) is 13.2. The first-order valence-electron chi connectivity index (χ1n) is 8.81. The van der Waals surface area contributed by atoms with Crippen LogP contribution >= 0.6 is 0 Å². The third-order valence-corrected chi connectivity index (χ3v) is 4.70. The number of imidazole rings is 1. The van der Waals surface area contributed by atoms with E-state index in [1.54, 1.807) is 37.1 Å². The molecular formula is C19H20N6O2. The SMILES string of the molecule is O=C(NC1CCN(c2cnccn2)CC1O)c1ccccc1-c1ncc[nH]1. The highest BCUT2D eigenvalue weighted by atomic mass is 16.3. The topological polar surface area (TPSA) is 107 Å². The van der Waals surface area contributed by atoms with Gasteiger partial charge in [0.2, 0.25) is 0 Å². The van der Waals surface area contributed by atoms with Crippen molar-refractivity contribution >= 4 is 11.7 Å². The van der Waals surface area contributed by atoms with Gasteiger partial charge in [-0.15, -0.1) is 0 Å². The van der Waals surface area contributed by atoms with E-state index in [2.05, 4.69) is 25.3 Å². The van der Waals surface area contributed by atoms with Gasteiger partial charge < -0.3 is 20.3 Å². The van der Waals surface area contributed by atoms with Crippen LogP contribution in [0, 0.1) is 0 Å². The number of anilines is 1. The summed E-state index contributed by atoms with van der Waals surface area (Å²) in [6.45, 7) is 1.07. The number of aliphatic hydroxyl groups excluding tert-OH is 1. The lowest BCUT2D eigenvalue weighted by molar-refractivity contribution is 0.0798. The Bertz CT molecular complexity index is 900. The molecule has 1 saturated heterocycles. The number of hydrogen-bond donors (Lipinski definition) is 3. The maximum atomic E-state index is 12.8. The van der Waals surface area contributed by atoms with Crippen LogP contribution in [-0.4, -0.2) is 56.2 Å². The van der Waals surface area contributed by atoms with E-state index in [4.69, 9.17) is 0 Å². The number of aromatic nitrogens is 4. The second-order valence-electron chi connectivity index (χ2n) is 6.43. The minimum absolute atomic E-state index is 0.223. The Hall–Kier alpha value is -3.26. The highest BCUT2D eigenvalue weighted by Crippen LogP contribution is 2.21. The van der Waals surface area contributed by atoms with Crippen LogP contribution in [0.25, 0.3) is 11.4 Å². The van der Waals surface area contributed by atoms with Gasteiger partial charge >= 0.3 is 0 Å². The summed E-state index contributed by atoms with van der Waals surface area (Å²) in [5.74, 6) is 1.14. The Morgan fingerprint density at radius 2 is 2.11 bits per heavy atom. The van der Waals surface area contributed by atoms with E-state index in [9.17, 15) is 9.90 Å². The Labute approximate surface area is 156 Å². The third-order valence-electron chi connectivity index (χ3n) is 4.70. The monoisotopic (exact) mass is 364 g/mol. The van der Waals surface area contributed by atoms with Crippen LogP contribution in [0.3, 0.4) is 0 Å². The maximum absolute atomic E-state index is 12.8. The van der Waals surface area contributed by atoms with Crippen molar-refractivity contribution < 1.29 is 9.90 Å². The van der Waals surface area contributed by atoms with Crippen LogP contribution in [0.2, 0.25) is 0 Å². The number of amides is 1. The van der Waals surface area contributed by atoms with Gasteiger partial charge in [0, 0.05) is 43.4 Å². The summed E-state index contributed by atoms with van der Waals surface area (Å²) in [4.78, 5) is 30.4. The molecule has 1 fully saturated rings. The number of aliphatic hydroxyl groups is 1. The Kier molecular flexibility index (Phi) is 4.80. The number of carbonyl (C=O) groups excluding carboxylic acids is 1. The number of rotatable bonds is 4. The van der Waals surface area contributed by atoms with Gasteiger partial charge in [-0.25, -0.2) is 9.97 Å². The van der Waals surface area contributed by atoms with Gasteiger partial charge in [0.15, 0.2) is 0 Å². The van der Waals surface area contributed by atoms with Gasteiger partial charge in [-0.05, 0) is 12.5 Å². The number of H-pyrrole nitrogens is 1. The zero-order valence-electron chi connectivity index (χ0n) is 14.6. The Balaban J connectivity index is 1.45. The second kappa shape index (κ2) is 7.55. The van der Waals surface area contributed by atoms with E-state index < -0.39 is 6.10 Å². The average molecular weight is 364 g/mol. The van der Waals surface area contributed by atoms with Crippen LogP contribution in [0.4, 0.5) is 5.82 Å². The quantitative estimate of drug-likeness (QED) is 0.643. The van der Waals surface area contributed by atoms with Gasteiger partial charge in [0.1, 0.15) is 11.6 Å². The molecule has 0 radical (unpaired) electrons. The molecule has 1 aliphatic heterocycles. The molecule has 2 atom stereocenters. The molecule has 0 spiro atoms. The lowest BCUT2D eigenvalue weighted by Crippen LogP contribution is -2.54. The predicted molar refractivity (Wildman–Crippen MR) is 100 cm³/mol. The molecule has 1 amide bonds. The molecule has 2 aromatic heterocycles. The number of carbonyl (C=O) groups is 1. The molecule has 4 rings (SSSR count). The van der Waals surface area contributed by atoms with Crippen LogP contribution in [0.5, 0.6) is 0 Å². The van der Waals surface area contributed by atoms with Crippen molar-refractivity contribution in [2.45, 2.75) is 18.6 Å². The molecule has 27 heavy (non-hydrogen) atoms. The number of piperidine rings is 1. The number of benzene rings is 1. The van der Waals surface area contributed by atoms with Crippen molar-refractivity contribution in [1.29, 1.82) is 0 Å². The largest absolute Gasteiger partial charge is 0.389 e. The van der Waals surface area contributed by atoms with E-state index in [0.717, 1.165) is 11.4 Å². The molecule has 0 bridgehead atoms. The summed E-state index contributed by atoms with van der Waals surface area (Å²) in [6, 6.07) is 6.96. The molecule has 0 aliphatic carbocycles. The van der Waals surface area contributed by atoms with Gasteiger partial charge in [-0.1, -0.05) is 18.2 Å². The summed E-state index contributed by atoms with van der Waals surface area (Å²) >= 11 is 0. The van der Waals surface area contributed by atoms with Gasteiger partial charge in [0.25, 0.3) is 5.91 Å². The molecule has 3 aromatic rings. The highest BCUT2D eigenvalue weighted by molar-refractivity contribution is 6.00. The van der Waals surface area contributed by atoms with Crippen LogP contribution < -0.4 is 10.2 Å². The van der Waals surface area contributed by atoms with Gasteiger partial charge in [-0.3, -0.25) is 9.78 Å². The van der Waals surface area contributed by atoms with Gasteiger partial charge in [0.05, 0.1) is 23.9 Å². The molecule has 3 heterocycles. The highest BCUT2D eigenvalue weighted by Gasteiger charge is 2.30. The molecular weight excluding hydrogens is 344 g/mol. The van der Waals surface area contributed by atoms with E-state index >= 15 is 0 Å². The van der Waals surface area contributed by atoms with Crippen molar-refractivity contribution in [3.63, 3.8) is 0 Å². The smallest absolute Gasteiger partial charge is 0.252 e. The number of aromatic amines is 1. The summed E-state index contributed by atoms with van der Waals surface area (Å²) in [5.41, 5.74) is 1.25. The number of nitrogens with zero attached hydrogens (tertiary/aromatic N) is 4. The first kappa shape index (κ1) is 17.2. The van der Waals surface area contributed by atoms with Crippen LogP contribution in [0.1, 0.15) is 16.8 Å². The summed E-state index contributed by atoms with van der Waals surface area (Å²) < 4.78 is 0. The molecule has 8 heteroatoms. The Morgan fingerprint density at radius 3 is 2.85 bits per heavy atom. The lowest BCUT2D eigenvalue weighted by atomic mass is 10.00. The molecule has 0 saturated carbocycles. The molecule has 2 unspecified atom stereocenters. The standard InChI is InChI=1S/C19H20N6O2/c26-16-12-25(17-11-20-6-7-21-17)10-5-15(16)24-19(27)14-4-2-1-3-13(14)18-22-8-9-23-18/h1-4,6-9,11,15-16,26H,5,10,12H2,(H,22,23)(H,24,27). The minimum atomic E-state index is -0.694. The number of β-amino-alcohol motifs (C(OH)–C–C–N with tert-alkyl or cyclic N) is 1. The number of hydrogen-bond acceptors (Lipinski definition) is 6. The van der Waals surface area contributed by atoms with Crippen molar-refractivity contribution in [3.8, 4) is 11.4 Å². The fourth-order valence-electron chi connectivity index (χ4n) is 3.31. The zero-order valence-corrected chi connectivity index (χ0v) is 14.6. The lowest BCUT2D eigenvalue weighted by Gasteiger charge is -2.36. The Morgan fingerprint density at radius 1 is 1.22 bits per heavy atom. The van der Waals surface area contributed by atoms with Crippen molar-refractivity contribution in [2.24, 2.45) is 0 Å². The van der Waals surface area contributed by atoms with Crippen molar-refractivity contribution in [3.05, 3.63) is 60.8 Å². The molecule has 1 aliphatic rings. The van der Waals surface area contributed by atoms with Crippen LogP contribution in [0.15, 0.2) is 55.2 Å². The van der Waals surface area contributed by atoms with E-state index in [1.165, 1.54) is 0 Å². The summed E-state index contributed by atoms with van der Waals surface area (Å²) in [7, 11) is 0. The van der Waals surface area contributed by atoms with Crippen molar-refractivity contribution in [1.82, 2.24) is 25.3 Å². The molecule has 8 nitrogen and oxygen atoms in total. The van der Waals surface area contributed by atoms with E-state index in [0.29, 0.717) is 30.9 Å². The molecule has 3 N–H and O–H groups in total. The van der Waals surface area contributed by atoms with Crippen molar-refractivity contribution in [2.75, 3.05) is 18.0 Å². The van der Waals surface area contributed by atoms with Crippen LogP contribution in [-0.2, 0) is 0 Å². The summed E-state index contributed by atoms with van der Waals surface area (Å²) in [6.07, 6.45) is 8.20. The maximum Gasteiger partial charge on any atom is 0.252 e. The normalized spacial score (nSPS) is 19.7. The van der Waals surface area contributed by atoms with E-state index in [-0.39, 0.29) is 11.9 Å². The third kappa shape index (κ3) is 3.65. The zero-order chi connectivity index (χ0) is 18.6. The fourth-order valence-corrected chi connectivity index (χ4v) is 3.31. The molecule has 1 aromatic carbocycles. The average Bonchev–Trinajstić information content (AvgIpc) is 3.25. The summed E-state index contributed by atoms with van der Waals surface area (Å²) in [5, 5.41) is 13.5. The minimum Gasteiger partial charge on any atom is -0.389 e. The fraction of sp³-hybridized carbons (Fsp3) is 0.263. The van der Waals surface area contributed by atoms with Gasteiger partial charge in [-0.2, -0.15) is 0 Å². The molecule has 138 valence electrons. The van der Waals surface area contributed by atoms with E-state index in [1.807, 2.05) is 23.1 Å². The predicted octanol–water partition coefficient (Wildman–Crippen LogP) is 1.24. The number of nitrogens with one attached hydrogen (secondary N) is 2.